The summed E-state index contributed by atoms with van der Waals surface area (Å²) in [7, 11) is 3.00. The molecule has 1 aliphatic rings. The number of carbonyl (C=O) groups is 2. The second-order valence-corrected chi connectivity index (χ2v) is 6.16. The highest BCUT2D eigenvalue weighted by molar-refractivity contribution is 6.04. The number of non-ortho nitro benzene ring substituents is 1. The van der Waals surface area contributed by atoms with Gasteiger partial charge >= 0.3 is 0 Å². The van der Waals surface area contributed by atoms with E-state index in [2.05, 4.69) is 5.32 Å². The van der Waals surface area contributed by atoms with E-state index in [0.717, 1.165) is 0 Å². The third-order valence-electron chi connectivity index (χ3n) is 4.46. The van der Waals surface area contributed by atoms with Crippen LogP contribution in [0.25, 0.3) is 0 Å². The van der Waals surface area contributed by atoms with Gasteiger partial charge in [0.05, 0.1) is 24.8 Å². The molecule has 0 unspecified atom stereocenters. The summed E-state index contributed by atoms with van der Waals surface area (Å²) in [5, 5.41) is 13.7. The summed E-state index contributed by atoms with van der Waals surface area (Å²) in [5.41, 5.74) is 1.59. The fraction of sp³-hybridized carbons (Fsp3) is 0.263. The van der Waals surface area contributed by atoms with Crippen molar-refractivity contribution < 1.29 is 24.0 Å². The Labute approximate surface area is 161 Å². The Morgan fingerprint density at radius 2 is 1.96 bits per heavy atom. The van der Waals surface area contributed by atoms with E-state index in [1.807, 2.05) is 0 Å². The summed E-state index contributed by atoms with van der Waals surface area (Å²) in [4.78, 5) is 36.7. The smallest absolute Gasteiger partial charge is 0.269 e. The van der Waals surface area contributed by atoms with E-state index < -0.39 is 10.8 Å². The van der Waals surface area contributed by atoms with E-state index in [4.69, 9.17) is 9.47 Å². The molecule has 0 saturated heterocycles. The molecular weight excluding hydrogens is 366 g/mol. The van der Waals surface area contributed by atoms with Crippen LogP contribution in [0.2, 0.25) is 0 Å². The summed E-state index contributed by atoms with van der Waals surface area (Å²) in [5.74, 6) is 0.381. The minimum absolute atomic E-state index is 0.0412. The van der Waals surface area contributed by atoms with Gasteiger partial charge in [0.25, 0.3) is 5.69 Å². The molecule has 2 aromatic rings. The number of ether oxygens (including phenoxy) is 2. The van der Waals surface area contributed by atoms with Crippen LogP contribution in [0, 0.1) is 10.1 Å². The van der Waals surface area contributed by atoms with Crippen molar-refractivity contribution in [3.63, 3.8) is 0 Å². The summed E-state index contributed by atoms with van der Waals surface area (Å²) in [6, 6.07) is 9.24. The van der Waals surface area contributed by atoms with Crippen LogP contribution in [0.5, 0.6) is 11.5 Å². The molecule has 1 heterocycles. The normalized spacial score (nSPS) is 12.9. The molecule has 0 saturated carbocycles. The second-order valence-electron chi connectivity index (χ2n) is 6.16. The van der Waals surface area contributed by atoms with E-state index in [1.54, 1.807) is 18.2 Å². The van der Waals surface area contributed by atoms with Crippen LogP contribution >= 0.6 is 0 Å². The maximum atomic E-state index is 12.5. The molecule has 0 aliphatic carbocycles. The van der Waals surface area contributed by atoms with E-state index in [9.17, 15) is 19.7 Å². The lowest BCUT2D eigenvalue weighted by molar-refractivity contribution is -0.384. The van der Waals surface area contributed by atoms with Crippen LogP contribution in [-0.2, 0) is 16.0 Å². The molecule has 146 valence electrons. The molecule has 1 N–H and O–H groups in total. The monoisotopic (exact) mass is 385 g/mol. The number of fused-ring (bicyclic) bond motifs is 1. The quantitative estimate of drug-likeness (QED) is 0.604. The van der Waals surface area contributed by atoms with Gasteiger partial charge < -0.3 is 19.7 Å². The van der Waals surface area contributed by atoms with Gasteiger partial charge in [0.1, 0.15) is 18.0 Å². The lowest BCUT2D eigenvalue weighted by atomic mass is 10.0. The lowest BCUT2D eigenvalue weighted by Crippen LogP contribution is -2.40. The zero-order valence-corrected chi connectivity index (χ0v) is 15.4. The number of rotatable bonds is 6. The highest BCUT2D eigenvalue weighted by Gasteiger charge is 2.27. The molecular formula is C19H19N3O6. The second kappa shape index (κ2) is 7.95. The van der Waals surface area contributed by atoms with Gasteiger partial charge in [0, 0.05) is 30.3 Å². The minimum atomic E-state index is -0.482. The topological polar surface area (TPSA) is 111 Å². The molecule has 0 atom stereocenters. The largest absolute Gasteiger partial charge is 0.497 e. The Balaban J connectivity index is 1.79. The van der Waals surface area contributed by atoms with Gasteiger partial charge in [0.2, 0.25) is 11.8 Å². The maximum absolute atomic E-state index is 12.5. The van der Waals surface area contributed by atoms with Crippen molar-refractivity contribution in [2.45, 2.75) is 12.8 Å². The van der Waals surface area contributed by atoms with Crippen LogP contribution < -0.4 is 19.7 Å². The molecule has 0 radical (unpaired) electrons. The SMILES string of the molecule is COc1ccc(NC(=O)CN2C(=O)CCc3cc([N+](=O)[O-])ccc32)c(OC)c1. The average molecular weight is 385 g/mol. The van der Waals surface area contributed by atoms with E-state index in [0.29, 0.717) is 34.9 Å². The molecule has 0 fully saturated rings. The predicted molar refractivity (Wildman–Crippen MR) is 102 cm³/mol. The molecule has 9 heteroatoms. The van der Waals surface area contributed by atoms with Crippen molar-refractivity contribution in [3.05, 3.63) is 52.1 Å². The first-order chi connectivity index (χ1) is 13.4. The molecule has 1 aliphatic heterocycles. The summed E-state index contributed by atoms with van der Waals surface area (Å²) >= 11 is 0. The first-order valence-electron chi connectivity index (χ1n) is 8.52. The molecule has 9 nitrogen and oxygen atoms in total. The van der Waals surface area contributed by atoms with Crippen LogP contribution in [0.15, 0.2) is 36.4 Å². The van der Waals surface area contributed by atoms with Crippen LogP contribution in [0.1, 0.15) is 12.0 Å². The number of carbonyl (C=O) groups excluding carboxylic acids is 2. The first-order valence-corrected chi connectivity index (χ1v) is 8.52. The fourth-order valence-corrected chi connectivity index (χ4v) is 3.07. The van der Waals surface area contributed by atoms with Gasteiger partial charge in [-0.3, -0.25) is 19.7 Å². The molecule has 0 aromatic heterocycles. The summed E-state index contributed by atoms with van der Waals surface area (Å²) < 4.78 is 10.4. The number of methoxy groups -OCH3 is 2. The zero-order valence-electron chi connectivity index (χ0n) is 15.4. The number of aryl methyl sites for hydroxylation is 1. The number of nitro benzene ring substituents is 1. The van der Waals surface area contributed by atoms with Gasteiger partial charge in [-0.25, -0.2) is 0 Å². The maximum Gasteiger partial charge on any atom is 0.269 e. The predicted octanol–water partition coefficient (Wildman–Crippen LogP) is 2.53. The Morgan fingerprint density at radius 3 is 2.64 bits per heavy atom. The Kier molecular flexibility index (Phi) is 5.44. The third-order valence-corrected chi connectivity index (χ3v) is 4.46. The standard InChI is InChI=1S/C19H19N3O6/c1-27-14-5-6-15(17(10-14)28-2)20-18(23)11-21-16-7-4-13(22(25)26)9-12(16)3-8-19(21)24/h4-7,9-10H,3,8,11H2,1-2H3,(H,20,23). The lowest BCUT2D eigenvalue weighted by Gasteiger charge is -2.28. The average Bonchev–Trinajstić information content (AvgIpc) is 2.70. The number of nitro groups is 1. The number of benzene rings is 2. The Hall–Kier alpha value is -3.62. The third kappa shape index (κ3) is 3.88. The van der Waals surface area contributed by atoms with Crippen molar-refractivity contribution in [2.75, 3.05) is 31.0 Å². The molecule has 2 aromatic carbocycles. The highest BCUT2D eigenvalue weighted by Crippen LogP contribution is 2.32. The van der Waals surface area contributed by atoms with E-state index >= 15 is 0 Å². The molecule has 0 bridgehead atoms. The Morgan fingerprint density at radius 1 is 1.18 bits per heavy atom. The molecule has 2 amide bonds. The van der Waals surface area contributed by atoms with Crippen LogP contribution in [0.4, 0.5) is 17.1 Å². The highest BCUT2D eigenvalue weighted by atomic mass is 16.6. The number of anilines is 2. The van der Waals surface area contributed by atoms with E-state index in [-0.39, 0.29) is 24.6 Å². The summed E-state index contributed by atoms with van der Waals surface area (Å²) in [6.07, 6.45) is 0.591. The molecule has 3 rings (SSSR count). The fourth-order valence-electron chi connectivity index (χ4n) is 3.07. The number of amides is 2. The van der Waals surface area contributed by atoms with Gasteiger partial charge in [-0.05, 0) is 30.2 Å². The number of hydrogen-bond donors (Lipinski definition) is 1. The molecule has 28 heavy (non-hydrogen) atoms. The minimum Gasteiger partial charge on any atom is -0.497 e. The van der Waals surface area contributed by atoms with Gasteiger partial charge in [-0.15, -0.1) is 0 Å². The van der Waals surface area contributed by atoms with Crippen molar-refractivity contribution >= 4 is 28.9 Å². The van der Waals surface area contributed by atoms with E-state index in [1.165, 1.54) is 37.3 Å². The van der Waals surface area contributed by atoms with Gasteiger partial charge in [-0.1, -0.05) is 0 Å². The van der Waals surface area contributed by atoms with Crippen molar-refractivity contribution in [3.8, 4) is 11.5 Å². The number of hydrogen-bond acceptors (Lipinski definition) is 6. The molecule has 0 spiro atoms. The number of nitrogens with one attached hydrogen (secondary N) is 1. The first kappa shape index (κ1) is 19.2. The Bertz CT molecular complexity index is 943. The van der Waals surface area contributed by atoms with Crippen LogP contribution in [0.3, 0.4) is 0 Å². The van der Waals surface area contributed by atoms with Gasteiger partial charge in [-0.2, -0.15) is 0 Å². The number of nitrogens with zero attached hydrogens (tertiary/aromatic N) is 2. The van der Waals surface area contributed by atoms with Crippen molar-refractivity contribution in [1.82, 2.24) is 0 Å². The zero-order chi connectivity index (χ0) is 20.3. The summed E-state index contributed by atoms with van der Waals surface area (Å²) in [6.45, 7) is -0.209. The van der Waals surface area contributed by atoms with Crippen LogP contribution in [-0.4, -0.2) is 37.5 Å². The van der Waals surface area contributed by atoms with Crippen molar-refractivity contribution in [1.29, 1.82) is 0 Å². The van der Waals surface area contributed by atoms with Gasteiger partial charge in [0.15, 0.2) is 0 Å². The van der Waals surface area contributed by atoms with Crippen molar-refractivity contribution in [2.24, 2.45) is 0 Å².